The van der Waals surface area contributed by atoms with E-state index in [1.165, 1.54) is 27.7 Å². The van der Waals surface area contributed by atoms with Gasteiger partial charge in [-0.2, -0.15) is 0 Å². The molecule has 1 aliphatic heterocycles. The molecular weight excluding hydrogens is 340 g/mol. The average molecular weight is 358 g/mol. The number of hydrogen-bond acceptors (Lipinski definition) is 4. The summed E-state index contributed by atoms with van der Waals surface area (Å²) < 4.78 is 1.53. The second kappa shape index (κ2) is 6.35. The van der Waals surface area contributed by atoms with Gasteiger partial charge in [0.15, 0.2) is 6.04 Å². The normalized spacial score (nSPS) is 14.9. The maximum Gasteiger partial charge on any atom is 0.252 e. The van der Waals surface area contributed by atoms with E-state index in [4.69, 9.17) is 0 Å². The zero-order valence-electron chi connectivity index (χ0n) is 14.6. The fourth-order valence-corrected chi connectivity index (χ4v) is 3.86. The molecule has 2 aromatic heterocycles. The van der Waals surface area contributed by atoms with Crippen molar-refractivity contribution in [2.75, 3.05) is 6.54 Å². The van der Waals surface area contributed by atoms with Crippen LogP contribution < -0.4 is 0 Å². The molecule has 0 saturated heterocycles. The monoisotopic (exact) mass is 358 g/mol. The quantitative estimate of drug-likeness (QED) is 0.610. The molecule has 0 fully saturated rings. The van der Waals surface area contributed by atoms with Gasteiger partial charge in [-0.3, -0.25) is 4.79 Å². The summed E-state index contributed by atoms with van der Waals surface area (Å²) in [6.45, 7) is 1.26. The second-order valence-electron chi connectivity index (χ2n) is 6.74. The highest BCUT2D eigenvalue weighted by Crippen LogP contribution is 2.29. The van der Waals surface area contributed by atoms with Crippen LogP contribution >= 0.6 is 0 Å². The number of nitrogens with one attached hydrogen (secondary N) is 1. The van der Waals surface area contributed by atoms with E-state index in [2.05, 4.69) is 32.6 Å². The molecule has 4 aromatic rings. The molecule has 1 atom stereocenters. The predicted octanol–water partition coefficient (Wildman–Crippen LogP) is 2.33. The van der Waals surface area contributed by atoms with Crippen molar-refractivity contribution in [2.45, 2.75) is 19.0 Å². The number of carbonyl (C=O) groups is 1. The van der Waals surface area contributed by atoms with Crippen molar-refractivity contribution >= 4 is 16.8 Å². The number of fused-ring (bicyclic) bond motifs is 3. The number of aromatic nitrogens is 5. The molecule has 7 nitrogen and oxygen atoms in total. The summed E-state index contributed by atoms with van der Waals surface area (Å²) >= 11 is 0. The zero-order chi connectivity index (χ0) is 18.2. The predicted molar refractivity (Wildman–Crippen MR) is 99.8 cm³/mol. The number of aromatic amines is 1. The number of carbonyl (C=O) groups excluding carboxylic acids is 1. The van der Waals surface area contributed by atoms with Gasteiger partial charge < -0.3 is 9.88 Å². The van der Waals surface area contributed by atoms with Crippen LogP contribution in [-0.4, -0.2) is 42.5 Å². The Morgan fingerprint density at radius 1 is 1.07 bits per heavy atom. The van der Waals surface area contributed by atoms with Crippen molar-refractivity contribution in [3.63, 3.8) is 0 Å². The molecule has 0 spiro atoms. The standard InChI is InChI=1S/C20H18N6O/c27-20(19(26-13-21-23-24-26)14-6-2-1-3-7-14)25-11-10-18-16(12-25)15-8-4-5-9-17(15)22-18/h1-9,13,19,22H,10-12H2. The molecule has 1 unspecified atom stereocenters. The van der Waals surface area contributed by atoms with Gasteiger partial charge in [0.05, 0.1) is 0 Å². The minimum absolute atomic E-state index is 0.00410. The van der Waals surface area contributed by atoms with Gasteiger partial charge in [-0.25, -0.2) is 4.68 Å². The van der Waals surface area contributed by atoms with Crippen LogP contribution in [0.3, 0.4) is 0 Å². The number of amides is 1. The summed E-state index contributed by atoms with van der Waals surface area (Å²) in [6.07, 6.45) is 2.31. The summed E-state index contributed by atoms with van der Waals surface area (Å²) in [6, 6.07) is 17.3. The van der Waals surface area contributed by atoms with E-state index in [-0.39, 0.29) is 5.91 Å². The zero-order valence-corrected chi connectivity index (χ0v) is 14.6. The fraction of sp³-hybridized carbons (Fsp3) is 0.200. The lowest BCUT2D eigenvalue weighted by Gasteiger charge is -2.30. The molecule has 3 heterocycles. The number of nitrogens with zero attached hydrogens (tertiary/aromatic N) is 5. The molecule has 0 saturated carbocycles. The van der Waals surface area contributed by atoms with E-state index in [1.54, 1.807) is 0 Å². The first kappa shape index (κ1) is 15.7. The van der Waals surface area contributed by atoms with Crippen molar-refractivity contribution in [1.82, 2.24) is 30.1 Å². The Morgan fingerprint density at radius 2 is 1.89 bits per heavy atom. The van der Waals surface area contributed by atoms with Gasteiger partial charge in [0.1, 0.15) is 6.33 Å². The van der Waals surface area contributed by atoms with Crippen LogP contribution in [0.1, 0.15) is 22.9 Å². The minimum Gasteiger partial charge on any atom is -0.358 e. The summed E-state index contributed by atoms with van der Waals surface area (Å²) in [7, 11) is 0. The first-order chi connectivity index (χ1) is 13.3. The molecule has 0 radical (unpaired) electrons. The van der Waals surface area contributed by atoms with E-state index >= 15 is 0 Å². The Balaban J connectivity index is 1.51. The largest absolute Gasteiger partial charge is 0.358 e. The Kier molecular flexibility index (Phi) is 3.71. The second-order valence-corrected chi connectivity index (χ2v) is 6.74. The highest BCUT2D eigenvalue weighted by Gasteiger charge is 2.31. The van der Waals surface area contributed by atoms with Crippen molar-refractivity contribution in [2.24, 2.45) is 0 Å². The van der Waals surface area contributed by atoms with Crippen molar-refractivity contribution in [1.29, 1.82) is 0 Å². The van der Waals surface area contributed by atoms with Gasteiger partial charge >= 0.3 is 0 Å². The highest BCUT2D eigenvalue weighted by atomic mass is 16.2. The molecule has 0 bridgehead atoms. The number of H-pyrrole nitrogens is 1. The molecule has 5 rings (SSSR count). The van der Waals surface area contributed by atoms with Gasteiger partial charge in [0.2, 0.25) is 0 Å². The molecule has 134 valence electrons. The molecule has 1 aliphatic rings. The topological polar surface area (TPSA) is 79.7 Å². The van der Waals surface area contributed by atoms with E-state index in [0.717, 1.165) is 17.5 Å². The third-order valence-corrected chi connectivity index (χ3v) is 5.17. The molecule has 2 aromatic carbocycles. The molecule has 1 amide bonds. The third kappa shape index (κ3) is 2.68. The molecular formula is C20H18N6O. The summed E-state index contributed by atoms with van der Waals surface area (Å²) in [5.74, 6) is 0.00410. The van der Waals surface area contributed by atoms with Gasteiger partial charge in [0.25, 0.3) is 5.91 Å². The average Bonchev–Trinajstić information content (AvgIpc) is 3.36. The van der Waals surface area contributed by atoms with Crippen LogP contribution in [0, 0.1) is 0 Å². The van der Waals surface area contributed by atoms with E-state index in [0.29, 0.717) is 13.1 Å². The summed E-state index contributed by atoms with van der Waals surface area (Å²) in [5.41, 5.74) is 4.42. The van der Waals surface area contributed by atoms with Crippen LogP contribution in [0.5, 0.6) is 0 Å². The maximum absolute atomic E-state index is 13.5. The van der Waals surface area contributed by atoms with Crippen LogP contribution in [0.4, 0.5) is 0 Å². The smallest absolute Gasteiger partial charge is 0.252 e. The van der Waals surface area contributed by atoms with Crippen LogP contribution in [0.25, 0.3) is 10.9 Å². The van der Waals surface area contributed by atoms with E-state index < -0.39 is 6.04 Å². The molecule has 7 heteroatoms. The molecule has 1 N–H and O–H groups in total. The Bertz CT molecular complexity index is 1090. The fourth-order valence-electron chi connectivity index (χ4n) is 3.86. The van der Waals surface area contributed by atoms with Crippen LogP contribution in [-0.2, 0) is 17.8 Å². The Labute approximate surface area is 155 Å². The van der Waals surface area contributed by atoms with Crippen LogP contribution in [0.2, 0.25) is 0 Å². The van der Waals surface area contributed by atoms with Gasteiger partial charge in [-0.1, -0.05) is 48.5 Å². The van der Waals surface area contributed by atoms with E-state index in [1.807, 2.05) is 47.4 Å². The highest BCUT2D eigenvalue weighted by molar-refractivity contribution is 5.87. The minimum atomic E-state index is -0.562. The number of para-hydroxylation sites is 1. The van der Waals surface area contributed by atoms with Gasteiger partial charge in [0, 0.05) is 41.7 Å². The van der Waals surface area contributed by atoms with Gasteiger partial charge in [-0.05, 0) is 22.1 Å². The Morgan fingerprint density at radius 3 is 2.70 bits per heavy atom. The lowest BCUT2D eigenvalue weighted by Crippen LogP contribution is -2.41. The molecule has 0 aliphatic carbocycles. The lowest BCUT2D eigenvalue weighted by atomic mass is 10.0. The van der Waals surface area contributed by atoms with Crippen molar-refractivity contribution in [3.05, 3.63) is 77.7 Å². The summed E-state index contributed by atoms with van der Waals surface area (Å²) in [5, 5.41) is 12.6. The van der Waals surface area contributed by atoms with Crippen LogP contribution in [0.15, 0.2) is 60.9 Å². The van der Waals surface area contributed by atoms with E-state index in [9.17, 15) is 4.79 Å². The maximum atomic E-state index is 13.5. The lowest BCUT2D eigenvalue weighted by molar-refractivity contribution is -0.134. The van der Waals surface area contributed by atoms with Crippen molar-refractivity contribution in [3.8, 4) is 0 Å². The number of hydrogen-bond donors (Lipinski definition) is 1. The van der Waals surface area contributed by atoms with Crippen molar-refractivity contribution < 1.29 is 4.79 Å². The summed E-state index contributed by atoms with van der Waals surface area (Å²) in [4.78, 5) is 18.9. The number of benzene rings is 2. The van der Waals surface area contributed by atoms with Gasteiger partial charge in [-0.15, -0.1) is 5.10 Å². The first-order valence-corrected chi connectivity index (χ1v) is 8.96. The number of tetrazole rings is 1. The first-order valence-electron chi connectivity index (χ1n) is 8.96. The third-order valence-electron chi connectivity index (χ3n) is 5.17. The Hall–Kier alpha value is -3.48. The number of rotatable bonds is 3. The SMILES string of the molecule is O=C(C(c1ccccc1)n1cnnn1)N1CCc2[nH]c3ccccc3c2C1. The molecule has 27 heavy (non-hydrogen) atoms.